The molecule has 2 aromatic heterocycles. The lowest BCUT2D eigenvalue weighted by Gasteiger charge is -2.22. The van der Waals surface area contributed by atoms with E-state index in [1.807, 2.05) is 24.6 Å². The molecule has 1 amide bonds. The Labute approximate surface area is 135 Å². The number of amides is 1. The van der Waals surface area contributed by atoms with Crippen molar-refractivity contribution in [1.29, 1.82) is 0 Å². The minimum Gasteiger partial charge on any atom is -0.496 e. The molecular weight excluding hydrogens is 292 g/mol. The van der Waals surface area contributed by atoms with E-state index in [2.05, 4.69) is 15.4 Å². The van der Waals surface area contributed by atoms with Crippen molar-refractivity contribution in [3.63, 3.8) is 0 Å². The number of pyridine rings is 1. The number of nitrogens with zero attached hydrogens (tertiary/aromatic N) is 3. The minimum atomic E-state index is 0.00634. The van der Waals surface area contributed by atoms with E-state index in [0.29, 0.717) is 6.54 Å². The Hall–Kier alpha value is -2.37. The number of hydrogen-bond donors (Lipinski definition) is 1. The van der Waals surface area contributed by atoms with Crippen molar-refractivity contribution in [2.45, 2.75) is 39.8 Å². The lowest BCUT2D eigenvalue weighted by molar-refractivity contribution is -0.125. The summed E-state index contributed by atoms with van der Waals surface area (Å²) >= 11 is 0. The molecular formula is C17H22N4O2. The third-order valence-electron chi connectivity index (χ3n) is 4.50. The maximum atomic E-state index is 12.4. The van der Waals surface area contributed by atoms with Crippen molar-refractivity contribution >= 4 is 5.91 Å². The van der Waals surface area contributed by atoms with Crippen LogP contribution in [-0.2, 0) is 24.3 Å². The van der Waals surface area contributed by atoms with E-state index in [-0.39, 0.29) is 11.8 Å². The number of carbonyl (C=O) groups is 1. The lowest BCUT2D eigenvalue weighted by Crippen LogP contribution is -2.35. The first-order valence-electron chi connectivity index (χ1n) is 7.87. The van der Waals surface area contributed by atoms with Gasteiger partial charge in [-0.15, -0.1) is 0 Å². The van der Waals surface area contributed by atoms with Gasteiger partial charge in [-0.1, -0.05) is 0 Å². The third-order valence-corrected chi connectivity index (χ3v) is 4.50. The van der Waals surface area contributed by atoms with Crippen LogP contribution >= 0.6 is 0 Å². The van der Waals surface area contributed by atoms with Gasteiger partial charge in [0, 0.05) is 48.1 Å². The second-order valence-electron chi connectivity index (χ2n) is 6.00. The van der Waals surface area contributed by atoms with Gasteiger partial charge in [-0.25, -0.2) is 0 Å². The summed E-state index contributed by atoms with van der Waals surface area (Å²) in [5.41, 5.74) is 3.96. The first-order valence-corrected chi connectivity index (χ1v) is 7.87. The summed E-state index contributed by atoms with van der Waals surface area (Å²) < 4.78 is 7.38. The van der Waals surface area contributed by atoms with Crippen molar-refractivity contribution in [2.75, 3.05) is 7.11 Å². The van der Waals surface area contributed by atoms with Crippen LogP contribution in [0.2, 0.25) is 0 Å². The number of methoxy groups -OCH3 is 1. The van der Waals surface area contributed by atoms with E-state index in [1.165, 1.54) is 0 Å². The van der Waals surface area contributed by atoms with Gasteiger partial charge in [-0.05, 0) is 26.3 Å². The maximum absolute atomic E-state index is 12.4. The van der Waals surface area contributed by atoms with Gasteiger partial charge in [0.1, 0.15) is 5.75 Å². The highest BCUT2D eigenvalue weighted by molar-refractivity contribution is 5.79. The van der Waals surface area contributed by atoms with Crippen LogP contribution in [0.1, 0.15) is 28.9 Å². The number of ether oxygens (including phenoxy) is 1. The Morgan fingerprint density at radius 1 is 1.48 bits per heavy atom. The van der Waals surface area contributed by atoms with Crippen molar-refractivity contribution in [3.05, 3.63) is 41.0 Å². The molecule has 3 heterocycles. The summed E-state index contributed by atoms with van der Waals surface area (Å²) in [5, 5.41) is 7.26. The molecule has 0 aromatic carbocycles. The van der Waals surface area contributed by atoms with Crippen LogP contribution in [0, 0.1) is 19.8 Å². The predicted molar refractivity (Wildman–Crippen MR) is 86.1 cm³/mol. The number of nitrogens with one attached hydrogen (secondary N) is 1. The Kier molecular flexibility index (Phi) is 4.32. The summed E-state index contributed by atoms with van der Waals surface area (Å²) in [5.74, 6) is 0.927. The number of fused-ring (bicyclic) bond motifs is 1. The fourth-order valence-electron chi connectivity index (χ4n) is 3.16. The molecule has 1 atom stereocenters. The number of carbonyl (C=O) groups excluding carboxylic acids is 1. The highest BCUT2D eigenvalue weighted by Gasteiger charge is 2.25. The first-order chi connectivity index (χ1) is 11.1. The number of aromatic nitrogens is 3. The normalized spacial score (nSPS) is 16.7. The standard InChI is InChI=1S/C17H22N4O2/c1-11-9-18-15(12(2)16(11)23-3)10-19-17(22)13-5-7-21-14(8-13)4-6-20-21/h4,6,9,13H,5,7-8,10H2,1-3H3,(H,19,22). The van der Waals surface area contributed by atoms with Crippen LogP contribution in [0.4, 0.5) is 0 Å². The molecule has 1 aliphatic heterocycles. The number of aryl methyl sites for hydroxylation is 2. The highest BCUT2D eigenvalue weighted by Crippen LogP contribution is 2.24. The predicted octanol–water partition coefficient (Wildman–Crippen LogP) is 1.78. The van der Waals surface area contributed by atoms with Crippen molar-refractivity contribution in [1.82, 2.24) is 20.1 Å². The topological polar surface area (TPSA) is 69.0 Å². The summed E-state index contributed by atoms with van der Waals surface area (Å²) in [6.07, 6.45) is 5.15. The second-order valence-corrected chi connectivity index (χ2v) is 6.00. The van der Waals surface area contributed by atoms with Crippen LogP contribution in [0.5, 0.6) is 5.75 Å². The van der Waals surface area contributed by atoms with Gasteiger partial charge in [0.15, 0.2) is 0 Å². The van der Waals surface area contributed by atoms with Crippen LogP contribution in [0.25, 0.3) is 0 Å². The fraction of sp³-hybridized carbons (Fsp3) is 0.471. The monoisotopic (exact) mass is 314 g/mol. The van der Waals surface area contributed by atoms with E-state index in [9.17, 15) is 4.79 Å². The molecule has 23 heavy (non-hydrogen) atoms. The summed E-state index contributed by atoms with van der Waals surface area (Å²) in [6.45, 7) is 5.17. The van der Waals surface area contributed by atoms with Gasteiger partial charge in [-0.3, -0.25) is 14.5 Å². The fourth-order valence-corrected chi connectivity index (χ4v) is 3.16. The quantitative estimate of drug-likeness (QED) is 0.934. The Balaban J connectivity index is 1.64. The molecule has 2 aromatic rings. The molecule has 0 saturated carbocycles. The molecule has 1 unspecified atom stereocenters. The molecule has 3 rings (SSSR count). The smallest absolute Gasteiger partial charge is 0.223 e. The van der Waals surface area contributed by atoms with Gasteiger partial charge in [0.25, 0.3) is 0 Å². The first kappa shape index (κ1) is 15.5. The summed E-state index contributed by atoms with van der Waals surface area (Å²) in [6, 6.07) is 1.98. The van der Waals surface area contributed by atoms with Crippen LogP contribution in [0.3, 0.4) is 0 Å². The molecule has 1 N–H and O–H groups in total. The Morgan fingerprint density at radius 2 is 2.30 bits per heavy atom. The minimum absolute atomic E-state index is 0.00634. The third kappa shape index (κ3) is 3.06. The van der Waals surface area contributed by atoms with Gasteiger partial charge >= 0.3 is 0 Å². The maximum Gasteiger partial charge on any atom is 0.223 e. The van der Waals surface area contributed by atoms with E-state index >= 15 is 0 Å². The largest absolute Gasteiger partial charge is 0.496 e. The molecule has 122 valence electrons. The van der Waals surface area contributed by atoms with Crippen LogP contribution in [-0.4, -0.2) is 27.8 Å². The van der Waals surface area contributed by atoms with Gasteiger partial charge < -0.3 is 10.1 Å². The zero-order chi connectivity index (χ0) is 16.4. The van der Waals surface area contributed by atoms with Gasteiger partial charge in [-0.2, -0.15) is 5.10 Å². The molecule has 0 fully saturated rings. The Bertz CT molecular complexity index is 723. The van der Waals surface area contributed by atoms with Crippen molar-refractivity contribution in [3.8, 4) is 5.75 Å². The van der Waals surface area contributed by atoms with E-state index < -0.39 is 0 Å². The van der Waals surface area contributed by atoms with Gasteiger partial charge in [0.05, 0.1) is 19.3 Å². The van der Waals surface area contributed by atoms with E-state index in [0.717, 1.165) is 47.7 Å². The van der Waals surface area contributed by atoms with Crippen molar-refractivity contribution < 1.29 is 9.53 Å². The van der Waals surface area contributed by atoms with Crippen LogP contribution < -0.4 is 10.1 Å². The molecule has 0 saturated heterocycles. The molecule has 6 nitrogen and oxygen atoms in total. The molecule has 6 heteroatoms. The van der Waals surface area contributed by atoms with Gasteiger partial charge in [0.2, 0.25) is 5.91 Å². The zero-order valence-corrected chi connectivity index (χ0v) is 13.8. The number of hydrogen-bond acceptors (Lipinski definition) is 4. The average molecular weight is 314 g/mol. The summed E-state index contributed by atoms with van der Waals surface area (Å²) in [4.78, 5) is 16.9. The molecule has 1 aliphatic rings. The second kappa shape index (κ2) is 6.40. The van der Waals surface area contributed by atoms with E-state index in [1.54, 1.807) is 19.5 Å². The average Bonchev–Trinajstić information content (AvgIpc) is 3.02. The molecule has 0 aliphatic carbocycles. The molecule has 0 radical (unpaired) electrons. The SMILES string of the molecule is COc1c(C)cnc(CNC(=O)C2CCn3nccc3C2)c1C. The lowest BCUT2D eigenvalue weighted by atomic mass is 9.95. The van der Waals surface area contributed by atoms with Crippen molar-refractivity contribution in [2.24, 2.45) is 5.92 Å². The van der Waals surface area contributed by atoms with Crippen LogP contribution in [0.15, 0.2) is 18.5 Å². The Morgan fingerprint density at radius 3 is 3.09 bits per heavy atom. The number of rotatable bonds is 4. The molecule has 0 bridgehead atoms. The van der Waals surface area contributed by atoms with E-state index in [4.69, 9.17) is 4.74 Å². The highest BCUT2D eigenvalue weighted by atomic mass is 16.5. The summed E-state index contributed by atoms with van der Waals surface area (Å²) in [7, 11) is 1.66. The molecule has 0 spiro atoms. The zero-order valence-electron chi connectivity index (χ0n) is 13.8.